The van der Waals surface area contributed by atoms with Gasteiger partial charge < -0.3 is 9.80 Å². The average Bonchev–Trinajstić information content (AvgIpc) is 3.05. The highest BCUT2D eigenvalue weighted by Gasteiger charge is 2.26. The summed E-state index contributed by atoms with van der Waals surface area (Å²) in [6.45, 7) is 0. The van der Waals surface area contributed by atoms with Gasteiger partial charge in [0.25, 0.3) is 0 Å². The molecular formula is C40H30N2. The Labute approximate surface area is 245 Å². The zero-order valence-corrected chi connectivity index (χ0v) is 23.8. The van der Waals surface area contributed by atoms with Gasteiger partial charge in [0.2, 0.25) is 0 Å². The molecule has 0 atom stereocenters. The molecular weight excluding hydrogens is 508 g/mol. The zero-order valence-electron chi connectivity index (χ0n) is 23.8. The molecule has 2 aliphatic heterocycles. The van der Waals surface area contributed by atoms with Gasteiger partial charge in [0.05, 0.1) is 22.8 Å². The Kier molecular flexibility index (Phi) is 5.61. The van der Waals surface area contributed by atoms with Crippen molar-refractivity contribution in [2.45, 2.75) is 0 Å². The highest BCUT2D eigenvalue weighted by atomic mass is 15.1. The zero-order chi connectivity index (χ0) is 28.2. The van der Waals surface area contributed by atoms with Crippen LogP contribution in [0.2, 0.25) is 0 Å². The van der Waals surface area contributed by atoms with E-state index in [2.05, 4.69) is 169 Å². The van der Waals surface area contributed by atoms with E-state index in [1.165, 1.54) is 76.7 Å². The van der Waals surface area contributed by atoms with Gasteiger partial charge in [-0.05, 0) is 22.3 Å². The number of nitrogens with zero attached hydrogens (tertiary/aromatic N) is 2. The number of hydrogen-bond acceptors (Lipinski definition) is 2. The van der Waals surface area contributed by atoms with E-state index in [0.717, 1.165) is 0 Å². The summed E-state index contributed by atoms with van der Waals surface area (Å²) in [5.74, 6) is 0. The summed E-state index contributed by atoms with van der Waals surface area (Å²) in [4.78, 5) is 4.78. The second-order valence-electron chi connectivity index (χ2n) is 11.0. The number of rotatable bonds is 4. The van der Waals surface area contributed by atoms with E-state index in [0.29, 0.717) is 0 Å². The summed E-state index contributed by atoms with van der Waals surface area (Å²) in [6.07, 6.45) is 0. The fourth-order valence-corrected chi connectivity index (χ4v) is 7.01. The van der Waals surface area contributed by atoms with E-state index in [9.17, 15) is 0 Å². The van der Waals surface area contributed by atoms with Gasteiger partial charge in [0, 0.05) is 45.7 Å². The normalized spacial score (nSPS) is 14.1. The van der Waals surface area contributed by atoms with E-state index < -0.39 is 0 Å². The molecule has 0 N–H and O–H groups in total. The van der Waals surface area contributed by atoms with Gasteiger partial charge in [-0.1, -0.05) is 146 Å². The van der Waals surface area contributed by atoms with Crippen molar-refractivity contribution in [3.63, 3.8) is 0 Å². The van der Waals surface area contributed by atoms with Gasteiger partial charge in [-0.25, -0.2) is 0 Å². The van der Waals surface area contributed by atoms with Crippen LogP contribution in [0.5, 0.6) is 0 Å². The highest BCUT2D eigenvalue weighted by Crippen LogP contribution is 2.30. The van der Waals surface area contributed by atoms with Crippen LogP contribution in [0.3, 0.4) is 0 Å². The van der Waals surface area contributed by atoms with Crippen LogP contribution >= 0.6 is 0 Å². The maximum atomic E-state index is 2.39. The molecule has 0 radical (unpaired) electrons. The fraction of sp³-hybridized carbons (Fsp3) is 0.0500. The lowest BCUT2D eigenvalue weighted by Crippen LogP contribution is -2.42. The Balaban J connectivity index is 1.66. The molecule has 0 saturated heterocycles. The van der Waals surface area contributed by atoms with Crippen molar-refractivity contribution in [2.75, 3.05) is 14.1 Å². The molecule has 0 unspecified atom stereocenters. The number of benzene rings is 6. The van der Waals surface area contributed by atoms with Crippen molar-refractivity contribution in [3.05, 3.63) is 189 Å². The second kappa shape index (κ2) is 9.64. The lowest BCUT2D eigenvalue weighted by molar-refractivity contribution is 0.669. The van der Waals surface area contributed by atoms with Crippen molar-refractivity contribution in [1.82, 2.24) is 9.80 Å². The summed E-state index contributed by atoms with van der Waals surface area (Å²) in [5.41, 5.74) is 9.78. The predicted octanol–water partition coefficient (Wildman–Crippen LogP) is 5.36. The second-order valence-corrected chi connectivity index (χ2v) is 11.0. The van der Waals surface area contributed by atoms with E-state index in [4.69, 9.17) is 0 Å². The molecule has 42 heavy (non-hydrogen) atoms. The maximum Gasteiger partial charge on any atom is 0.0562 e. The molecule has 200 valence electrons. The minimum Gasteiger partial charge on any atom is -0.343 e. The van der Waals surface area contributed by atoms with E-state index in [1.807, 2.05) is 0 Å². The summed E-state index contributed by atoms with van der Waals surface area (Å²) >= 11 is 0. The van der Waals surface area contributed by atoms with Gasteiger partial charge in [0.1, 0.15) is 0 Å². The van der Waals surface area contributed by atoms with E-state index in [1.54, 1.807) is 0 Å². The van der Waals surface area contributed by atoms with Crippen molar-refractivity contribution in [1.29, 1.82) is 0 Å². The Bertz CT molecular complexity index is 1920. The standard InChI is InChI=1S/C40H30N2/c1-41-37(27-15-7-3-8-16-27)31-23-25-33-36-34(26-24-32(35(31)36)38(41)28-17-9-4-10-18-28)40(30-21-13-6-14-22-30)42(2)39(33)29-19-11-5-12-20-29/h3-26H,1-2H3. The summed E-state index contributed by atoms with van der Waals surface area (Å²) in [5, 5.41) is 7.70. The molecule has 2 heteroatoms. The first-order valence-corrected chi connectivity index (χ1v) is 14.5. The molecule has 6 aromatic rings. The molecule has 0 bridgehead atoms. The molecule has 0 aromatic heterocycles. The topological polar surface area (TPSA) is 6.48 Å². The lowest BCUT2D eigenvalue weighted by Gasteiger charge is -2.33. The van der Waals surface area contributed by atoms with Crippen LogP contribution in [0.4, 0.5) is 0 Å². The minimum atomic E-state index is 1.22. The predicted molar refractivity (Wildman–Crippen MR) is 174 cm³/mol. The van der Waals surface area contributed by atoms with Crippen LogP contribution in [0.1, 0.15) is 22.3 Å². The van der Waals surface area contributed by atoms with E-state index >= 15 is 0 Å². The molecule has 0 spiro atoms. The minimum absolute atomic E-state index is 1.22. The summed E-state index contributed by atoms with van der Waals surface area (Å²) in [6, 6.07) is 52.7. The fourth-order valence-electron chi connectivity index (χ4n) is 7.01. The Morgan fingerprint density at radius 3 is 0.714 bits per heavy atom. The molecule has 0 amide bonds. The van der Waals surface area contributed by atoms with Gasteiger partial charge in [-0.15, -0.1) is 0 Å². The molecule has 2 aliphatic rings. The van der Waals surface area contributed by atoms with Crippen LogP contribution in [0.25, 0.3) is 33.6 Å². The maximum absolute atomic E-state index is 2.39. The van der Waals surface area contributed by atoms with Crippen LogP contribution in [-0.2, 0) is 0 Å². The molecule has 0 saturated carbocycles. The van der Waals surface area contributed by atoms with E-state index in [-0.39, 0.29) is 0 Å². The molecule has 0 aliphatic carbocycles. The Morgan fingerprint density at radius 1 is 0.286 bits per heavy atom. The highest BCUT2D eigenvalue weighted by molar-refractivity contribution is 5.99. The molecule has 8 rings (SSSR count). The van der Waals surface area contributed by atoms with Crippen LogP contribution in [-0.4, -0.2) is 23.9 Å². The smallest absolute Gasteiger partial charge is 0.0562 e. The summed E-state index contributed by atoms with van der Waals surface area (Å²) < 4.78 is 0. The third-order valence-corrected chi connectivity index (χ3v) is 8.71. The summed E-state index contributed by atoms with van der Waals surface area (Å²) in [7, 11) is 4.42. The van der Waals surface area contributed by atoms with Crippen molar-refractivity contribution in [3.8, 4) is 0 Å². The quantitative estimate of drug-likeness (QED) is 0.298. The largest absolute Gasteiger partial charge is 0.343 e. The van der Waals surface area contributed by atoms with Crippen LogP contribution < -0.4 is 20.9 Å². The van der Waals surface area contributed by atoms with Crippen molar-refractivity contribution < 1.29 is 0 Å². The van der Waals surface area contributed by atoms with Gasteiger partial charge in [0.15, 0.2) is 0 Å². The molecule has 2 heterocycles. The molecule has 6 aromatic carbocycles. The van der Waals surface area contributed by atoms with Crippen LogP contribution in [0.15, 0.2) is 146 Å². The third kappa shape index (κ3) is 3.59. The van der Waals surface area contributed by atoms with Crippen molar-refractivity contribution >= 4 is 33.6 Å². The average molecular weight is 539 g/mol. The van der Waals surface area contributed by atoms with Crippen molar-refractivity contribution in [2.24, 2.45) is 0 Å². The molecule has 0 fully saturated rings. The number of hydrogen-bond donors (Lipinski definition) is 0. The molecule has 2 nitrogen and oxygen atoms in total. The first-order valence-electron chi connectivity index (χ1n) is 14.5. The van der Waals surface area contributed by atoms with Gasteiger partial charge >= 0.3 is 0 Å². The van der Waals surface area contributed by atoms with Gasteiger partial charge in [-0.2, -0.15) is 0 Å². The lowest BCUT2D eigenvalue weighted by atomic mass is 9.89. The SMILES string of the molecule is CN1C(c2ccccc2)=c2ccc3c4c(ccc(c24)=C1c1ccccc1)=C(c1ccccc1)N(C)C=3c1ccccc1. The third-order valence-electron chi connectivity index (χ3n) is 8.71. The first kappa shape index (κ1) is 24.5. The van der Waals surface area contributed by atoms with Gasteiger partial charge in [-0.3, -0.25) is 0 Å². The monoisotopic (exact) mass is 538 g/mol. The Morgan fingerprint density at radius 2 is 0.500 bits per heavy atom. The Hall–Kier alpha value is -5.34. The van der Waals surface area contributed by atoms with Crippen LogP contribution in [0, 0.1) is 0 Å². The first-order chi connectivity index (χ1) is 20.7.